The molecule has 0 bridgehead atoms. The zero-order valence-corrected chi connectivity index (χ0v) is 16.2. The molecule has 3 rings (SSSR count). The van der Waals surface area contributed by atoms with Gasteiger partial charge in [0.15, 0.2) is 11.0 Å². The predicted octanol–water partition coefficient (Wildman–Crippen LogP) is 5.30. The Labute approximate surface area is 161 Å². The minimum Gasteiger partial charge on any atom is -0.484 e. The first-order valence-electron chi connectivity index (χ1n) is 7.67. The maximum atomic E-state index is 6.15. The van der Waals surface area contributed by atoms with Crippen molar-refractivity contribution in [1.29, 1.82) is 0 Å². The lowest BCUT2D eigenvalue weighted by Gasteiger charge is -2.09. The van der Waals surface area contributed by atoms with Crippen LogP contribution in [-0.4, -0.2) is 14.8 Å². The Morgan fingerprint density at radius 3 is 2.60 bits per heavy atom. The van der Waals surface area contributed by atoms with Gasteiger partial charge in [0, 0.05) is 17.8 Å². The van der Waals surface area contributed by atoms with Crippen LogP contribution in [0.15, 0.2) is 47.6 Å². The summed E-state index contributed by atoms with van der Waals surface area (Å²) in [6.07, 6.45) is 0. The number of aromatic nitrogens is 3. The average Bonchev–Trinajstić information content (AvgIpc) is 2.95. The summed E-state index contributed by atoms with van der Waals surface area (Å²) in [5.74, 6) is 2.20. The summed E-state index contributed by atoms with van der Waals surface area (Å²) in [5.41, 5.74) is 2.28. The largest absolute Gasteiger partial charge is 0.484 e. The van der Waals surface area contributed by atoms with Gasteiger partial charge in [-0.1, -0.05) is 53.2 Å². The van der Waals surface area contributed by atoms with Crippen LogP contribution in [0.5, 0.6) is 5.75 Å². The summed E-state index contributed by atoms with van der Waals surface area (Å²) in [5, 5.41) is 10.6. The summed E-state index contributed by atoms with van der Waals surface area (Å²) in [4.78, 5) is 0. The number of benzene rings is 2. The van der Waals surface area contributed by atoms with Gasteiger partial charge in [0.25, 0.3) is 0 Å². The molecule has 0 aliphatic rings. The smallest absolute Gasteiger partial charge is 0.191 e. The van der Waals surface area contributed by atoms with Crippen LogP contribution in [0, 0.1) is 6.92 Å². The van der Waals surface area contributed by atoms with Crippen molar-refractivity contribution in [2.45, 2.75) is 24.4 Å². The lowest BCUT2D eigenvalue weighted by atomic mass is 10.2. The van der Waals surface area contributed by atoms with Crippen molar-refractivity contribution in [1.82, 2.24) is 14.8 Å². The first-order valence-corrected chi connectivity index (χ1v) is 9.41. The molecule has 0 radical (unpaired) electrons. The van der Waals surface area contributed by atoms with E-state index in [0.29, 0.717) is 17.4 Å². The topological polar surface area (TPSA) is 39.9 Å². The molecule has 0 aliphatic heterocycles. The normalized spacial score (nSPS) is 10.9. The molecule has 0 amide bonds. The molecule has 3 aromatic rings. The molecule has 0 saturated carbocycles. The molecule has 0 aliphatic carbocycles. The highest BCUT2D eigenvalue weighted by atomic mass is 35.5. The average molecular weight is 394 g/mol. The van der Waals surface area contributed by atoms with Crippen LogP contribution >= 0.6 is 35.0 Å². The summed E-state index contributed by atoms with van der Waals surface area (Å²) in [6.45, 7) is 2.31. The van der Waals surface area contributed by atoms with Gasteiger partial charge >= 0.3 is 0 Å². The van der Waals surface area contributed by atoms with Gasteiger partial charge in [-0.05, 0) is 42.3 Å². The van der Waals surface area contributed by atoms with E-state index in [-0.39, 0.29) is 0 Å². The monoisotopic (exact) mass is 393 g/mol. The van der Waals surface area contributed by atoms with Crippen molar-refractivity contribution in [3.05, 3.63) is 69.5 Å². The zero-order chi connectivity index (χ0) is 17.8. The predicted molar refractivity (Wildman–Crippen MR) is 103 cm³/mol. The van der Waals surface area contributed by atoms with Crippen LogP contribution in [0.4, 0.5) is 0 Å². The quantitative estimate of drug-likeness (QED) is 0.532. The molecule has 7 heteroatoms. The fraction of sp³-hybridized carbons (Fsp3) is 0.222. The van der Waals surface area contributed by atoms with E-state index in [0.717, 1.165) is 27.3 Å². The highest BCUT2D eigenvalue weighted by Gasteiger charge is 2.11. The van der Waals surface area contributed by atoms with Crippen molar-refractivity contribution in [3.63, 3.8) is 0 Å². The Bertz CT molecular complexity index is 865. The summed E-state index contributed by atoms with van der Waals surface area (Å²) >= 11 is 13.7. The molecule has 4 nitrogen and oxygen atoms in total. The molecule has 2 aromatic carbocycles. The molecule has 0 N–H and O–H groups in total. The molecule has 130 valence electrons. The first-order chi connectivity index (χ1) is 12.0. The number of rotatable bonds is 6. The molecule has 1 aromatic heterocycles. The lowest BCUT2D eigenvalue weighted by molar-refractivity contribution is 0.290. The summed E-state index contributed by atoms with van der Waals surface area (Å²) < 4.78 is 7.73. The minimum absolute atomic E-state index is 0.314. The number of hydrogen-bond donors (Lipinski definition) is 0. The van der Waals surface area contributed by atoms with E-state index in [9.17, 15) is 0 Å². The molecule has 0 unspecified atom stereocenters. The van der Waals surface area contributed by atoms with Crippen LogP contribution in [-0.2, 0) is 19.4 Å². The van der Waals surface area contributed by atoms with E-state index >= 15 is 0 Å². The highest BCUT2D eigenvalue weighted by Crippen LogP contribution is 2.27. The molecule has 0 fully saturated rings. The number of nitrogens with zero attached hydrogens (tertiary/aromatic N) is 3. The van der Waals surface area contributed by atoms with Gasteiger partial charge in [0.1, 0.15) is 12.4 Å². The van der Waals surface area contributed by atoms with E-state index in [4.69, 9.17) is 27.9 Å². The van der Waals surface area contributed by atoms with E-state index in [2.05, 4.69) is 10.2 Å². The Kier molecular flexibility index (Phi) is 5.89. The van der Waals surface area contributed by atoms with Crippen molar-refractivity contribution in [2.75, 3.05) is 0 Å². The number of halogens is 2. The van der Waals surface area contributed by atoms with Crippen LogP contribution in [0.1, 0.15) is 17.0 Å². The second-order valence-corrected chi connectivity index (χ2v) is 7.38. The number of ether oxygens (including phenoxy) is 1. The Morgan fingerprint density at radius 2 is 1.84 bits per heavy atom. The number of thioether (sulfide) groups is 1. The molecule has 0 spiro atoms. The fourth-order valence-corrected chi connectivity index (χ4v) is 3.37. The Hall–Kier alpha value is -1.69. The Morgan fingerprint density at radius 1 is 1.08 bits per heavy atom. The summed E-state index contributed by atoms with van der Waals surface area (Å²) in [6, 6.07) is 13.5. The van der Waals surface area contributed by atoms with Crippen molar-refractivity contribution >= 4 is 35.0 Å². The summed E-state index contributed by atoms with van der Waals surface area (Å²) in [7, 11) is 1.93. The van der Waals surface area contributed by atoms with E-state index in [1.165, 1.54) is 5.56 Å². The van der Waals surface area contributed by atoms with E-state index in [1.54, 1.807) is 11.8 Å². The second-order valence-electron chi connectivity index (χ2n) is 5.60. The minimum atomic E-state index is 0.314. The van der Waals surface area contributed by atoms with Crippen LogP contribution in [0.3, 0.4) is 0 Å². The van der Waals surface area contributed by atoms with Gasteiger partial charge in [-0.3, -0.25) is 0 Å². The van der Waals surface area contributed by atoms with E-state index < -0.39 is 0 Å². The second kappa shape index (κ2) is 8.13. The van der Waals surface area contributed by atoms with Gasteiger partial charge in [0.2, 0.25) is 0 Å². The molecule has 25 heavy (non-hydrogen) atoms. The highest BCUT2D eigenvalue weighted by molar-refractivity contribution is 7.98. The molecular formula is C18H17Cl2N3OS. The third kappa shape index (κ3) is 4.69. The van der Waals surface area contributed by atoms with Gasteiger partial charge in [-0.15, -0.1) is 10.2 Å². The molecule has 0 saturated heterocycles. The van der Waals surface area contributed by atoms with Crippen molar-refractivity contribution in [3.8, 4) is 5.75 Å². The van der Waals surface area contributed by atoms with E-state index in [1.807, 2.05) is 61.0 Å². The maximum Gasteiger partial charge on any atom is 0.191 e. The van der Waals surface area contributed by atoms with Gasteiger partial charge in [-0.25, -0.2) is 0 Å². The maximum absolute atomic E-state index is 6.15. The number of aryl methyl sites for hydroxylation is 1. The molecular weight excluding hydrogens is 377 g/mol. The standard InChI is InChI=1S/C18H17Cl2N3OS/c1-12-3-8-15(20)16(9-12)24-10-17-21-22-18(23(17)2)25-11-13-4-6-14(19)7-5-13/h3-9H,10-11H2,1-2H3. The zero-order valence-electron chi connectivity index (χ0n) is 13.9. The van der Waals surface area contributed by atoms with Gasteiger partial charge in [-0.2, -0.15) is 0 Å². The number of hydrogen-bond acceptors (Lipinski definition) is 4. The third-order valence-electron chi connectivity index (χ3n) is 3.65. The fourth-order valence-electron chi connectivity index (χ4n) is 2.19. The first kappa shape index (κ1) is 18.1. The third-order valence-corrected chi connectivity index (χ3v) is 5.31. The van der Waals surface area contributed by atoms with Crippen LogP contribution < -0.4 is 4.74 Å². The SMILES string of the molecule is Cc1ccc(Cl)c(OCc2nnc(SCc3ccc(Cl)cc3)n2C)c1. The molecule has 1 heterocycles. The van der Waals surface area contributed by atoms with Crippen LogP contribution in [0.2, 0.25) is 10.0 Å². The van der Waals surface area contributed by atoms with Crippen molar-refractivity contribution in [2.24, 2.45) is 7.05 Å². The van der Waals surface area contributed by atoms with Gasteiger partial charge < -0.3 is 9.30 Å². The molecule has 0 atom stereocenters. The van der Waals surface area contributed by atoms with Crippen LogP contribution in [0.25, 0.3) is 0 Å². The Balaban J connectivity index is 1.62. The van der Waals surface area contributed by atoms with Gasteiger partial charge in [0.05, 0.1) is 5.02 Å². The van der Waals surface area contributed by atoms with Crippen molar-refractivity contribution < 1.29 is 4.74 Å². The lowest BCUT2D eigenvalue weighted by Crippen LogP contribution is -2.04.